The molecule has 66 heavy (non-hydrogen) atoms. The van der Waals surface area contributed by atoms with Crippen molar-refractivity contribution in [3.05, 3.63) is 87.0 Å². The molecule has 3 aliphatic rings. The van der Waals surface area contributed by atoms with Gasteiger partial charge < -0.3 is 29.7 Å². The van der Waals surface area contributed by atoms with Crippen LogP contribution in [-0.4, -0.2) is 70.4 Å². The minimum atomic E-state index is -0.769. The van der Waals surface area contributed by atoms with Crippen molar-refractivity contribution in [1.29, 1.82) is 0 Å². The fourth-order valence-corrected chi connectivity index (χ4v) is 9.95. The van der Waals surface area contributed by atoms with Gasteiger partial charge in [0.15, 0.2) is 0 Å². The molecule has 1 N–H and O–H groups in total. The normalized spacial score (nSPS) is 16.8. The summed E-state index contributed by atoms with van der Waals surface area (Å²) >= 11 is 0. The Balaban J connectivity index is 0.00000817. The summed E-state index contributed by atoms with van der Waals surface area (Å²) in [4.78, 5) is 47.2. The molecule has 6 rings (SSSR count). The van der Waals surface area contributed by atoms with E-state index in [-0.39, 0.29) is 66.1 Å². The van der Waals surface area contributed by atoms with Gasteiger partial charge in [-0.2, -0.15) is 0 Å². The zero-order valence-corrected chi connectivity index (χ0v) is 42.8. The van der Waals surface area contributed by atoms with Crippen LogP contribution in [0.1, 0.15) is 188 Å². The van der Waals surface area contributed by atoms with Crippen LogP contribution in [0.25, 0.3) is 50.6 Å². The molecule has 4 atom stereocenters. The molecule has 0 amide bonds. The number of ether oxygens (including phenoxy) is 2. The Morgan fingerprint density at radius 3 is 2.15 bits per heavy atom. The van der Waals surface area contributed by atoms with Crippen molar-refractivity contribution < 1.29 is 29.3 Å². The zero-order valence-electron chi connectivity index (χ0n) is 41.4. The Kier molecular flexibility index (Phi) is 18.7. The molecule has 0 fully saturated rings. The largest absolute Gasteiger partial charge is 2.00 e. The average molecular weight is 908 g/mol. The van der Waals surface area contributed by atoms with E-state index < -0.39 is 11.7 Å². The molecule has 3 aromatic rings. The fraction of sp³-hybridized carbons (Fsp3) is 0.527. The maximum atomic E-state index is 14.3. The summed E-state index contributed by atoms with van der Waals surface area (Å²) < 4.78 is 11.0. The number of methoxy groups -OCH3 is 1. The monoisotopic (exact) mass is 908 g/mol. The van der Waals surface area contributed by atoms with Crippen molar-refractivity contribution in [3.8, 4) is 0 Å². The molecule has 1 aliphatic carbocycles. The quantitative estimate of drug-likeness (QED) is 0.0621. The third-order valence-corrected chi connectivity index (χ3v) is 14.0. The molecule has 3 aromatic heterocycles. The Bertz CT molecular complexity index is 2540. The Labute approximate surface area is 409 Å². The van der Waals surface area contributed by atoms with Crippen LogP contribution in [-0.2, 0) is 19.1 Å². The first-order chi connectivity index (χ1) is 31.1. The molecular weight excluding hydrogens is 837 g/mol. The number of aliphatic hydroxyl groups excluding tert-OH is 1. The van der Waals surface area contributed by atoms with E-state index in [9.17, 15) is 19.8 Å². The van der Waals surface area contributed by atoms with Crippen LogP contribution >= 0.6 is 0 Å². The molecule has 0 saturated carbocycles. The van der Waals surface area contributed by atoms with Crippen molar-refractivity contribution in [2.24, 2.45) is 17.8 Å². The summed E-state index contributed by atoms with van der Waals surface area (Å²) in [5.41, 5.74) is 10.3. The van der Waals surface area contributed by atoms with Crippen molar-refractivity contribution >= 4 is 85.6 Å². The number of aromatic nitrogens is 4. The van der Waals surface area contributed by atoms with Crippen molar-refractivity contribution in [2.75, 3.05) is 20.3 Å². The van der Waals surface area contributed by atoms with Crippen molar-refractivity contribution in [1.82, 2.24) is 19.9 Å². The SMILES string of the molecule is C=Cc1c(C)c2cc3nc(c4c5[n-]c(cc6nc(cc1[n-]2)C(CO)=C6CC)c(C)c5C([O-])=C4C(=O)OC)C(CCC(=O)OCC=C(C)CCCC(C)CCCC(C)CCCC(C)C)C3C.[Mg+2]. The predicted molar refractivity (Wildman–Crippen MR) is 267 cm³/mol. The van der Waals surface area contributed by atoms with Gasteiger partial charge in [-0.05, 0) is 92.5 Å². The van der Waals surface area contributed by atoms with Gasteiger partial charge in [-0.15, -0.1) is 22.1 Å². The number of fused-ring (bicyclic) bond motifs is 8. The third-order valence-electron chi connectivity index (χ3n) is 14.0. The van der Waals surface area contributed by atoms with E-state index in [4.69, 9.17) is 29.4 Å². The summed E-state index contributed by atoms with van der Waals surface area (Å²) in [7, 11) is 1.26. The van der Waals surface area contributed by atoms with E-state index in [1.807, 2.05) is 52.0 Å². The summed E-state index contributed by atoms with van der Waals surface area (Å²) in [5.74, 6) is 0.139. The number of nitrogens with zero attached hydrogens (tertiary/aromatic N) is 4. The zero-order chi connectivity index (χ0) is 47.1. The number of hydrogen-bond donors (Lipinski definition) is 1. The summed E-state index contributed by atoms with van der Waals surface area (Å²) in [6.45, 7) is 23.4. The van der Waals surface area contributed by atoms with Crippen LogP contribution in [0.2, 0.25) is 0 Å². The number of carbonyl (C=O) groups excluding carboxylic acids is 2. The first-order valence-corrected chi connectivity index (χ1v) is 24.1. The topological polar surface area (TPSA) is 150 Å². The molecule has 5 heterocycles. The van der Waals surface area contributed by atoms with Gasteiger partial charge in [0.25, 0.3) is 0 Å². The molecule has 350 valence electrons. The average Bonchev–Trinajstić information content (AvgIpc) is 4.02. The van der Waals surface area contributed by atoms with Crippen molar-refractivity contribution in [2.45, 2.75) is 151 Å². The number of esters is 2. The second-order valence-corrected chi connectivity index (χ2v) is 19.3. The second kappa shape index (κ2) is 23.5. The molecule has 8 bridgehead atoms. The number of hydrogen-bond acceptors (Lipinski definition) is 8. The Morgan fingerprint density at radius 2 is 1.52 bits per heavy atom. The number of aryl methyl sites for hydroxylation is 2. The number of carbonyl (C=O) groups is 2. The van der Waals surface area contributed by atoms with Crippen LogP contribution in [0.15, 0.2) is 36.4 Å². The molecular formula is C55H71MgN4O6-. The number of aliphatic hydroxyl groups is 1. The van der Waals surface area contributed by atoms with Gasteiger partial charge in [-0.1, -0.05) is 140 Å². The Morgan fingerprint density at radius 1 is 0.879 bits per heavy atom. The van der Waals surface area contributed by atoms with Gasteiger partial charge in [0.1, 0.15) is 6.61 Å². The molecule has 0 radical (unpaired) electrons. The fourth-order valence-electron chi connectivity index (χ4n) is 9.95. The third kappa shape index (κ3) is 11.6. The van der Waals surface area contributed by atoms with Gasteiger partial charge in [-0.25, -0.2) is 9.78 Å². The number of rotatable bonds is 21. The standard InChI is InChI=1S/C55H73N4O6.Mg/c1-12-38-35(8)42-27-43-36(9)40(23-24-48(61)65-26-25-34(7)22-16-21-33(6)20-15-19-32(5)18-14-17-31(3)4)52(58-43)50-51(55(63)64-11)54(62)49-37(10)44(59-53(49)50)28-46-39(13-2)41(30-60)47(57-46)29-45(38)56-42;/h12,25,27-29,31-33,36,40,60H,1,13-24,26,30H2,2-11H3,(H2-,56,57,58,59,62,63);/q-1;+2/p-2. The molecule has 11 heteroatoms. The van der Waals surface area contributed by atoms with E-state index in [0.717, 1.165) is 41.4 Å². The van der Waals surface area contributed by atoms with Gasteiger partial charge in [0, 0.05) is 29.5 Å². The predicted octanol–water partition coefficient (Wildman–Crippen LogP) is 11.1. The minimum Gasteiger partial charge on any atom is -0.871 e. The van der Waals surface area contributed by atoms with Gasteiger partial charge in [0.05, 0.1) is 36.4 Å². The Hall–Kier alpha value is -4.45. The van der Waals surface area contributed by atoms with Crippen LogP contribution < -0.4 is 15.1 Å². The minimum absolute atomic E-state index is 0. The second-order valence-electron chi connectivity index (χ2n) is 19.3. The van der Waals surface area contributed by atoms with E-state index in [1.165, 1.54) is 57.6 Å². The van der Waals surface area contributed by atoms with E-state index in [2.05, 4.69) is 41.2 Å². The molecule has 4 unspecified atom stereocenters. The van der Waals surface area contributed by atoms with Crippen LogP contribution in [0.4, 0.5) is 0 Å². The molecule has 10 nitrogen and oxygen atoms in total. The van der Waals surface area contributed by atoms with Gasteiger partial charge >= 0.3 is 35.0 Å². The maximum absolute atomic E-state index is 14.3. The van der Waals surface area contributed by atoms with Crippen molar-refractivity contribution in [3.63, 3.8) is 0 Å². The molecule has 0 aromatic carbocycles. The smallest absolute Gasteiger partial charge is 0.871 e. The van der Waals surface area contributed by atoms with Gasteiger partial charge in [0.2, 0.25) is 0 Å². The first-order valence-electron chi connectivity index (χ1n) is 24.1. The van der Waals surface area contributed by atoms with Gasteiger partial charge in [-0.3, -0.25) is 9.78 Å². The first kappa shape index (κ1) is 52.5. The van der Waals surface area contributed by atoms with E-state index >= 15 is 0 Å². The van der Waals surface area contributed by atoms with Crippen LogP contribution in [0.5, 0.6) is 0 Å². The summed E-state index contributed by atoms with van der Waals surface area (Å²) in [5, 5.41) is 24.9. The van der Waals surface area contributed by atoms with E-state index in [0.29, 0.717) is 85.9 Å². The van der Waals surface area contributed by atoms with Crippen LogP contribution in [0.3, 0.4) is 0 Å². The molecule has 2 aliphatic heterocycles. The van der Waals surface area contributed by atoms with Crippen LogP contribution in [0, 0.1) is 31.6 Å². The number of allylic oxidation sites excluding steroid dienone is 2. The molecule has 0 saturated heterocycles. The molecule has 0 spiro atoms. The van der Waals surface area contributed by atoms with E-state index in [1.54, 1.807) is 6.08 Å². The maximum Gasteiger partial charge on any atom is 2.00 e. The summed E-state index contributed by atoms with van der Waals surface area (Å²) in [6, 6.07) is 5.66. The summed E-state index contributed by atoms with van der Waals surface area (Å²) in [6.07, 6.45) is 16.1.